The molecule has 2 amide bonds. The normalized spacial score (nSPS) is 17.7. The van der Waals surface area contributed by atoms with Crippen LogP contribution in [-0.4, -0.2) is 24.8 Å². The highest BCUT2D eigenvalue weighted by molar-refractivity contribution is 5.98. The Morgan fingerprint density at radius 1 is 1.55 bits per heavy atom. The van der Waals surface area contributed by atoms with Crippen LogP contribution in [0.3, 0.4) is 0 Å². The molecule has 0 aromatic heterocycles. The van der Waals surface area contributed by atoms with Crippen molar-refractivity contribution in [3.05, 3.63) is 0 Å². The third-order valence-corrected chi connectivity index (χ3v) is 0.851. The number of hydrogen-bond donors (Lipinski definition) is 1. The summed E-state index contributed by atoms with van der Waals surface area (Å²) in [5.74, 6) is -0.650. The summed E-state index contributed by atoms with van der Waals surface area (Å²) in [6.45, 7) is -0.307. The Kier molecular flexibility index (Phi) is 1.71. The molecule has 0 fully saturated rings. The minimum absolute atomic E-state index is 0.307. The molecule has 1 aliphatic heterocycles. The summed E-state index contributed by atoms with van der Waals surface area (Å²) in [6, 6.07) is -0.816. The van der Waals surface area contributed by atoms with Gasteiger partial charge in [0.25, 0.3) is 0 Å². The zero-order valence-electron chi connectivity index (χ0n) is 5.10. The second-order valence-corrected chi connectivity index (χ2v) is 1.71. The lowest BCUT2D eigenvalue weighted by Gasteiger charge is -2.05. The van der Waals surface area contributed by atoms with Crippen molar-refractivity contribution in [3.8, 4) is 0 Å². The number of hydrogen-bond acceptors (Lipinski definition) is 2. The molecule has 11 heavy (non-hydrogen) atoms. The fourth-order valence-corrected chi connectivity index (χ4v) is 0.536. The van der Waals surface area contributed by atoms with E-state index in [4.69, 9.17) is 0 Å². The first-order chi connectivity index (χ1) is 4.97. The lowest BCUT2D eigenvalue weighted by molar-refractivity contribution is -0.283. The second-order valence-electron chi connectivity index (χ2n) is 1.71. The van der Waals surface area contributed by atoms with Crippen molar-refractivity contribution in [1.29, 1.82) is 0 Å². The standard InChI is InChI=1S/C4H3F3N2O2/c5-4(6,7)11-2-1-8-3(10)9-2/h1H2,(H,8,10). The van der Waals surface area contributed by atoms with Gasteiger partial charge in [-0.05, 0) is 0 Å². The van der Waals surface area contributed by atoms with Gasteiger partial charge in [-0.3, -0.25) is 0 Å². The van der Waals surface area contributed by atoms with Crippen LogP contribution in [0.15, 0.2) is 4.99 Å². The van der Waals surface area contributed by atoms with Crippen LogP contribution < -0.4 is 5.32 Å². The van der Waals surface area contributed by atoms with Crippen LogP contribution in [0, 0.1) is 0 Å². The van der Waals surface area contributed by atoms with Crippen LogP contribution >= 0.6 is 0 Å². The molecule has 0 saturated carbocycles. The Bertz CT molecular complexity index is 210. The molecule has 0 unspecified atom stereocenters. The van der Waals surface area contributed by atoms with E-state index < -0.39 is 18.3 Å². The van der Waals surface area contributed by atoms with Gasteiger partial charge in [0, 0.05) is 0 Å². The first kappa shape index (κ1) is 7.83. The highest BCUT2D eigenvalue weighted by Crippen LogP contribution is 2.17. The molecule has 1 heterocycles. The van der Waals surface area contributed by atoms with E-state index >= 15 is 0 Å². The summed E-state index contributed by atoms with van der Waals surface area (Å²) in [6.07, 6.45) is -4.77. The molecule has 0 spiro atoms. The minimum atomic E-state index is -4.77. The summed E-state index contributed by atoms with van der Waals surface area (Å²) in [5, 5.41) is 2.02. The lowest BCUT2D eigenvalue weighted by Crippen LogP contribution is -2.24. The Morgan fingerprint density at radius 2 is 2.18 bits per heavy atom. The van der Waals surface area contributed by atoms with E-state index in [0.29, 0.717) is 0 Å². The van der Waals surface area contributed by atoms with Gasteiger partial charge >= 0.3 is 12.4 Å². The number of nitrogens with zero attached hydrogens (tertiary/aromatic N) is 1. The zero-order chi connectivity index (χ0) is 8.48. The summed E-state index contributed by atoms with van der Waals surface area (Å²) >= 11 is 0. The van der Waals surface area contributed by atoms with Crippen molar-refractivity contribution in [2.75, 3.05) is 6.54 Å². The van der Waals surface area contributed by atoms with E-state index in [9.17, 15) is 18.0 Å². The molecule has 1 aliphatic rings. The van der Waals surface area contributed by atoms with Gasteiger partial charge in [-0.15, -0.1) is 13.2 Å². The summed E-state index contributed by atoms with van der Waals surface area (Å²) < 4.78 is 37.5. The van der Waals surface area contributed by atoms with Crippen LogP contribution in [0.2, 0.25) is 0 Å². The van der Waals surface area contributed by atoms with Gasteiger partial charge in [0.05, 0.1) is 6.54 Å². The fourth-order valence-electron chi connectivity index (χ4n) is 0.536. The lowest BCUT2D eigenvalue weighted by atomic mass is 10.7. The van der Waals surface area contributed by atoms with Crippen LogP contribution in [0.4, 0.5) is 18.0 Å². The van der Waals surface area contributed by atoms with Crippen LogP contribution in [0.25, 0.3) is 0 Å². The van der Waals surface area contributed by atoms with Crippen molar-refractivity contribution in [2.45, 2.75) is 6.36 Å². The number of halogens is 3. The van der Waals surface area contributed by atoms with E-state index in [1.54, 1.807) is 0 Å². The predicted molar refractivity (Wildman–Crippen MR) is 28.0 cm³/mol. The Hall–Kier alpha value is -1.27. The maximum Gasteiger partial charge on any atom is 0.574 e. The van der Waals surface area contributed by atoms with E-state index in [2.05, 4.69) is 9.73 Å². The Labute approximate surface area is 59.0 Å². The van der Waals surface area contributed by atoms with Gasteiger partial charge in [-0.25, -0.2) is 4.79 Å². The van der Waals surface area contributed by atoms with Gasteiger partial charge in [0.1, 0.15) is 0 Å². The van der Waals surface area contributed by atoms with E-state index in [1.807, 2.05) is 5.32 Å². The van der Waals surface area contributed by atoms with E-state index in [-0.39, 0.29) is 6.54 Å². The first-order valence-electron chi connectivity index (χ1n) is 2.58. The molecular weight excluding hydrogens is 165 g/mol. The predicted octanol–water partition coefficient (Wildman–Crippen LogP) is 0.644. The maximum atomic E-state index is 11.4. The Balaban J connectivity index is 2.51. The van der Waals surface area contributed by atoms with Gasteiger partial charge in [0.2, 0.25) is 5.90 Å². The van der Waals surface area contributed by atoms with Crippen molar-refractivity contribution in [1.82, 2.24) is 5.32 Å². The zero-order valence-corrected chi connectivity index (χ0v) is 5.10. The molecule has 4 nitrogen and oxygen atoms in total. The van der Waals surface area contributed by atoms with Crippen molar-refractivity contribution in [2.24, 2.45) is 4.99 Å². The number of rotatable bonds is 0. The largest absolute Gasteiger partial charge is 0.574 e. The molecule has 0 atom stereocenters. The summed E-state index contributed by atoms with van der Waals surface area (Å²) in [4.78, 5) is 13.1. The number of urea groups is 1. The minimum Gasteiger partial charge on any atom is -0.390 e. The molecule has 7 heteroatoms. The number of alkyl halides is 3. The second kappa shape index (κ2) is 2.40. The highest BCUT2D eigenvalue weighted by Gasteiger charge is 2.34. The number of carbonyl (C=O) groups excluding carboxylic acids is 1. The third-order valence-electron chi connectivity index (χ3n) is 0.851. The van der Waals surface area contributed by atoms with Gasteiger partial charge in [-0.1, -0.05) is 0 Å². The third kappa shape index (κ3) is 2.44. The average Bonchev–Trinajstić information content (AvgIpc) is 2.10. The number of aliphatic imine (C=N–C) groups is 1. The number of nitrogens with one attached hydrogen (secondary N) is 1. The van der Waals surface area contributed by atoms with Crippen LogP contribution in [0.5, 0.6) is 0 Å². The molecular formula is C4H3F3N2O2. The quantitative estimate of drug-likeness (QED) is 0.577. The molecule has 0 saturated heterocycles. The average molecular weight is 168 g/mol. The van der Waals surface area contributed by atoms with Crippen molar-refractivity contribution < 1.29 is 22.7 Å². The molecule has 0 aromatic carbocycles. The molecule has 0 aliphatic carbocycles. The SMILES string of the molecule is O=C1N=C(OC(F)(F)F)CN1. The number of ether oxygens (including phenoxy) is 1. The highest BCUT2D eigenvalue weighted by atomic mass is 19.4. The fraction of sp³-hybridized carbons (Fsp3) is 0.500. The topological polar surface area (TPSA) is 50.7 Å². The van der Waals surface area contributed by atoms with Gasteiger partial charge < -0.3 is 10.1 Å². The van der Waals surface area contributed by atoms with Gasteiger partial charge in [0.15, 0.2) is 0 Å². The van der Waals surface area contributed by atoms with Crippen molar-refractivity contribution >= 4 is 11.9 Å². The molecule has 0 bridgehead atoms. The first-order valence-corrected chi connectivity index (χ1v) is 2.58. The monoisotopic (exact) mass is 168 g/mol. The van der Waals surface area contributed by atoms with Gasteiger partial charge in [-0.2, -0.15) is 4.99 Å². The number of amides is 2. The summed E-state index contributed by atoms with van der Waals surface area (Å²) in [5.41, 5.74) is 0. The molecule has 0 radical (unpaired) electrons. The number of carbonyl (C=O) groups is 1. The molecule has 1 rings (SSSR count). The Morgan fingerprint density at radius 3 is 2.55 bits per heavy atom. The summed E-state index contributed by atoms with van der Waals surface area (Å²) in [7, 11) is 0. The van der Waals surface area contributed by atoms with Crippen LogP contribution in [0.1, 0.15) is 0 Å². The van der Waals surface area contributed by atoms with Crippen molar-refractivity contribution in [3.63, 3.8) is 0 Å². The van der Waals surface area contributed by atoms with Crippen LogP contribution in [-0.2, 0) is 4.74 Å². The molecule has 0 aromatic rings. The molecule has 62 valence electrons. The van der Waals surface area contributed by atoms with E-state index in [1.165, 1.54) is 0 Å². The molecule has 1 N–H and O–H groups in total. The maximum absolute atomic E-state index is 11.4. The smallest absolute Gasteiger partial charge is 0.390 e. The van der Waals surface area contributed by atoms with E-state index in [0.717, 1.165) is 0 Å².